The normalized spacial score (nSPS) is 11.4. The van der Waals surface area contributed by atoms with E-state index in [0.717, 1.165) is 12.8 Å². The summed E-state index contributed by atoms with van der Waals surface area (Å²) >= 11 is 0. The van der Waals surface area contributed by atoms with Crippen LogP contribution < -0.4 is 15.4 Å². The van der Waals surface area contributed by atoms with Gasteiger partial charge in [-0.2, -0.15) is 0 Å². The molecule has 3 amide bonds. The van der Waals surface area contributed by atoms with E-state index in [0.29, 0.717) is 24.5 Å². The fraction of sp³-hybridized carbons (Fsp3) is 0.391. The van der Waals surface area contributed by atoms with Crippen LogP contribution in [-0.4, -0.2) is 43.1 Å². The first-order chi connectivity index (χ1) is 14.0. The van der Waals surface area contributed by atoms with Crippen LogP contribution in [0, 0.1) is 0 Å². The molecule has 2 rings (SSSR count). The zero-order valence-corrected chi connectivity index (χ0v) is 17.5. The summed E-state index contributed by atoms with van der Waals surface area (Å²) in [6, 6.07) is 17.1. The zero-order valence-electron chi connectivity index (χ0n) is 17.5. The van der Waals surface area contributed by atoms with Crippen molar-refractivity contribution in [3.8, 4) is 5.75 Å². The lowest BCUT2D eigenvalue weighted by Crippen LogP contribution is -2.43. The van der Waals surface area contributed by atoms with Gasteiger partial charge in [0.1, 0.15) is 5.75 Å². The van der Waals surface area contributed by atoms with Gasteiger partial charge in [0, 0.05) is 37.3 Å². The number of methoxy groups -OCH3 is 1. The Bertz CT molecular complexity index is 780. The predicted octanol–water partition coefficient (Wildman–Crippen LogP) is 4.08. The number of rotatable bonds is 10. The highest BCUT2D eigenvalue weighted by atomic mass is 16.5. The Labute approximate surface area is 173 Å². The molecule has 1 atom stereocenters. The van der Waals surface area contributed by atoms with Crippen molar-refractivity contribution in [3.63, 3.8) is 0 Å². The van der Waals surface area contributed by atoms with E-state index in [1.54, 1.807) is 18.1 Å². The van der Waals surface area contributed by atoms with E-state index in [9.17, 15) is 9.59 Å². The summed E-state index contributed by atoms with van der Waals surface area (Å²) in [4.78, 5) is 26.7. The maximum Gasteiger partial charge on any atom is 0.322 e. The number of urea groups is 1. The van der Waals surface area contributed by atoms with Crippen LogP contribution in [0.5, 0.6) is 5.75 Å². The first-order valence-electron chi connectivity index (χ1n) is 10.1. The van der Waals surface area contributed by atoms with Gasteiger partial charge in [-0.1, -0.05) is 43.3 Å². The van der Waals surface area contributed by atoms with Gasteiger partial charge < -0.3 is 20.3 Å². The number of carbonyl (C=O) groups is 2. The molecule has 29 heavy (non-hydrogen) atoms. The number of carbonyl (C=O) groups excluding carboxylic acids is 2. The van der Waals surface area contributed by atoms with Gasteiger partial charge in [0.2, 0.25) is 5.91 Å². The van der Waals surface area contributed by atoms with Gasteiger partial charge in [-0.05, 0) is 37.5 Å². The average molecular weight is 398 g/mol. The molecule has 2 N–H and O–H groups in total. The third-order valence-electron chi connectivity index (χ3n) is 4.86. The summed E-state index contributed by atoms with van der Waals surface area (Å²) in [5.41, 5.74) is 1.85. The molecule has 1 unspecified atom stereocenters. The highest BCUT2D eigenvalue weighted by Crippen LogP contribution is 2.18. The zero-order chi connectivity index (χ0) is 21.1. The van der Waals surface area contributed by atoms with E-state index in [2.05, 4.69) is 10.6 Å². The molecule has 0 aliphatic heterocycles. The largest absolute Gasteiger partial charge is 0.497 e. The van der Waals surface area contributed by atoms with Gasteiger partial charge in [0.05, 0.1) is 7.11 Å². The number of hydrogen-bond donors (Lipinski definition) is 2. The Morgan fingerprint density at radius 3 is 2.55 bits per heavy atom. The molecule has 6 heteroatoms. The van der Waals surface area contributed by atoms with E-state index in [1.165, 1.54) is 5.56 Å². The van der Waals surface area contributed by atoms with E-state index < -0.39 is 0 Å². The summed E-state index contributed by atoms with van der Waals surface area (Å²) < 4.78 is 5.20. The van der Waals surface area contributed by atoms with Crippen LogP contribution in [0.2, 0.25) is 0 Å². The van der Waals surface area contributed by atoms with Crippen molar-refractivity contribution in [1.29, 1.82) is 0 Å². The molecular formula is C23H31N3O3. The molecule has 0 bridgehead atoms. The number of nitrogens with one attached hydrogen (secondary N) is 2. The molecule has 0 aliphatic rings. The first-order valence-corrected chi connectivity index (χ1v) is 10.1. The predicted molar refractivity (Wildman–Crippen MR) is 116 cm³/mol. The fourth-order valence-electron chi connectivity index (χ4n) is 2.94. The van der Waals surface area contributed by atoms with Gasteiger partial charge in [0.25, 0.3) is 0 Å². The van der Waals surface area contributed by atoms with E-state index in [1.807, 2.05) is 62.4 Å². The van der Waals surface area contributed by atoms with Crippen molar-refractivity contribution >= 4 is 17.6 Å². The molecule has 0 saturated heterocycles. The molecule has 0 spiro atoms. The lowest BCUT2D eigenvalue weighted by atomic mass is 10.1. The fourth-order valence-corrected chi connectivity index (χ4v) is 2.94. The lowest BCUT2D eigenvalue weighted by molar-refractivity contribution is -0.121. The number of nitrogens with zero attached hydrogens (tertiary/aromatic N) is 1. The molecule has 0 aliphatic carbocycles. The van der Waals surface area contributed by atoms with Crippen LogP contribution in [0.25, 0.3) is 0 Å². The van der Waals surface area contributed by atoms with Crippen LogP contribution >= 0.6 is 0 Å². The summed E-state index contributed by atoms with van der Waals surface area (Å²) in [6.07, 6.45) is 1.86. The van der Waals surface area contributed by atoms with Crippen molar-refractivity contribution in [3.05, 3.63) is 60.2 Å². The maximum atomic E-state index is 12.8. The second-order valence-electron chi connectivity index (χ2n) is 6.95. The van der Waals surface area contributed by atoms with Crippen molar-refractivity contribution in [1.82, 2.24) is 10.2 Å². The van der Waals surface area contributed by atoms with Crippen LogP contribution in [0.15, 0.2) is 54.6 Å². The van der Waals surface area contributed by atoms with Crippen molar-refractivity contribution in [2.45, 2.75) is 39.2 Å². The number of ether oxygens (including phenoxy) is 1. The van der Waals surface area contributed by atoms with E-state index >= 15 is 0 Å². The Balaban J connectivity index is 1.85. The number of anilines is 1. The molecular weight excluding hydrogens is 366 g/mol. The molecule has 0 fully saturated rings. The molecule has 2 aromatic carbocycles. The first kappa shape index (κ1) is 22.3. The van der Waals surface area contributed by atoms with Gasteiger partial charge in [-0.25, -0.2) is 4.79 Å². The third-order valence-corrected chi connectivity index (χ3v) is 4.86. The Morgan fingerprint density at radius 1 is 1.10 bits per heavy atom. The van der Waals surface area contributed by atoms with Crippen molar-refractivity contribution < 1.29 is 14.3 Å². The summed E-state index contributed by atoms with van der Waals surface area (Å²) in [5.74, 6) is 0.624. The van der Waals surface area contributed by atoms with Gasteiger partial charge >= 0.3 is 6.03 Å². The highest BCUT2D eigenvalue weighted by Gasteiger charge is 2.20. The Morgan fingerprint density at radius 2 is 1.86 bits per heavy atom. The summed E-state index contributed by atoms with van der Waals surface area (Å²) in [5, 5.41) is 5.83. The number of amides is 3. The average Bonchev–Trinajstić information content (AvgIpc) is 2.74. The number of benzene rings is 2. The van der Waals surface area contributed by atoms with Crippen LogP contribution in [0.3, 0.4) is 0 Å². The second kappa shape index (κ2) is 11.7. The molecule has 0 radical (unpaired) electrons. The quantitative estimate of drug-likeness (QED) is 0.635. The highest BCUT2D eigenvalue weighted by molar-refractivity contribution is 5.90. The molecule has 6 nitrogen and oxygen atoms in total. The minimum atomic E-state index is -0.218. The van der Waals surface area contributed by atoms with Crippen LogP contribution in [0.4, 0.5) is 10.5 Å². The van der Waals surface area contributed by atoms with E-state index in [-0.39, 0.29) is 24.4 Å². The standard InChI is InChI=1S/C23H31N3O3/c1-4-18(2)26(23(28)25-20-11-8-12-21(17-20)29-3)16-14-22(27)24-15-13-19-9-6-5-7-10-19/h5-12,17-18H,4,13-16H2,1-3H3,(H,24,27)(H,25,28). The minimum absolute atomic E-state index is 0.0257. The second-order valence-corrected chi connectivity index (χ2v) is 6.95. The smallest absolute Gasteiger partial charge is 0.322 e. The van der Waals surface area contributed by atoms with Crippen LogP contribution in [-0.2, 0) is 11.2 Å². The van der Waals surface area contributed by atoms with Crippen LogP contribution in [0.1, 0.15) is 32.3 Å². The Kier molecular flexibility index (Phi) is 9.02. The Hall–Kier alpha value is -3.02. The summed E-state index contributed by atoms with van der Waals surface area (Å²) in [7, 11) is 1.59. The third kappa shape index (κ3) is 7.49. The molecule has 0 heterocycles. The van der Waals surface area contributed by atoms with Gasteiger partial charge in [0.15, 0.2) is 0 Å². The molecule has 0 saturated carbocycles. The number of hydrogen-bond acceptors (Lipinski definition) is 3. The minimum Gasteiger partial charge on any atom is -0.497 e. The topological polar surface area (TPSA) is 70.7 Å². The van der Waals surface area contributed by atoms with Gasteiger partial charge in [-0.3, -0.25) is 4.79 Å². The SMILES string of the molecule is CCC(C)N(CCC(=O)NCCc1ccccc1)C(=O)Nc1cccc(OC)c1. The van der Waals surface area contributed by atoms with E-state index in [4.69, 9.17) is 4.74 Å². The maximum absolute atomic E-state index is 12.8. The molecule has 156 valence electrons. The molecule has 2 aromatic rings. The molecule has 0 aromatic heterocycles. The summed E-state index contributed by atoms with van der Waals surface area (Å²) in [6.45, 7) is 4.96. The van der Waals surface area contributed by atoms with Crippen molar-refractivity contribution in [2.24, 2.45) is 0 Å². The van der Waals surface area contributed by atoms with Gasteiger partial charge in [-0.15, -0.1) is 0 Å². The monoisotopic (exact) mass is 397 g/mol. The lowest BCUT2D eigenvalue weighted by Gasteiger charge is -2.28. The van der Waals surface area contributed by atoms with Crippen molar-refractivity contribution in [2.75, 3.05) is 25.5 Å².